The van der Waals surface area contributed by atoms with Gasteiger partial charge in [0, 0.05) is 6.20 Å². The van der Waals surface area contributed by atoms with Crippen LogP contribution in [0.25, 0.3) is 0 Å². The van der Waals surface area contributed by atoms with Gasteiger partial charge < -0.3 is 24.6 Å². The van der Waals surface area contributed by atoms with Gasteiger partial charge in [-0.1, -0.05) is 35.4 Å². The number of benzene rings is 2. The van der Waals surface area contributed by atoms with Crippen molar-refractivity contribution in [1.82, 2.24) is 9.55 Å². The summed E-state index contributed by atoms with van der Waals surface area (Å²) >= 11 is 0. The summed E-state index contributed by atoms with van der Waals surface area (Å²) in [6.07, 6.45) is -9.57. The smallest absolute Gasteiger partial charge is 0.395 e. The molecule has 4 rings (SSSR count). The van der Waals surface area contributed by atoms with Crippen molar-refractivity contribution < 1.29 is 41.2 Å². The number of aryl methyl sites for hydroxylation is 2. The molecule has 0 unspecified atom stereocenters. The maximum atomic E-state index is 15.1. The molecule has 0 aliphatic carbocycles. The molecule has 0 spiro atoms. The van der Waals surface area contributed by atoms with Gasteiger partial charge in [0.1, 0.15) is 23.4 Å². The summed E-state index contributed by atoms with van der Waals surface area (Å²) in [7, 11) is -4.73. The third-order valence-electron chi connectivity index (χ3n) is 5.83. The Kier molecular flexibility index (Phi) is 7.84. The molecule has 2 aromatic carbocycles. The second kappa shape index (κ2) is 10.8. The first-order valence-corrected chi connectivity index (χ1v) is 12.8. The lowest BCUT2D eigenvalue weighted by Gasteiger charge is -2.31. The summed E-state index contributed by atoms with van der Waals surface area (Å²) in [5.74, 6) is -0.123. The second-order valence-corrected chi connectivity index (χ2v) is 10.2. The number of phosphoric ester groups is 1. The van der Waals surface area contributed by atoms with E-state index in [4.69, 9.17) is 24.0 Å². The van der Waals surface area contributed by atoms with Crippen molar-refractivity contribution in [2.75, 3.05) is 12.3 Å². The van der Waals surface area contributed by atoms with E-state index in [2.05, 4.69) is 4.98 Å². The molecule has 0 saturated carbocycles. The maximum Gasteiger partial charge on any atom is 0.587 e. The number of halogens is 3. The molecule has 0 amide bonds. The predicted octanol–water partition coefficient (Wildman–Crippen LogP) is 3.96. The zero-order valence-electron chi connectivity index (χ0n) is 20.2. The summed E-state index contributed by atoms with van der Waals surface area (Å²) < 4.78 is 79.4. The first-order valence-electron chi connectivity index (χ1n) is 11.3. The number of alkyl halides is 3. The summed E-state index contributed by atoms with van der Waals surface area (Å²) in [4.78, 5) is 15.6. The Morgan fingerprint density at radius 1 is 1.08 bits per heavy atom. The van der Waals surface area contributed by atoms with Crippen LogP contribution in [0.15, 0.2) is 65.6 Å². The number of nitrogens with zero attached hydrogens (tertiary/aromatic N) is 2. The number of nitrogens with two attached hydrogens (primary N) is 1. The topological polar surface area (TPSA) is 135 Å². The SMILES string of the molecule is Cc1ccc(OP(=O)(OC[C@@]2(C(F)F)O[C@@H](n3ccc(N)nc3=O)[C@H](F)[C@@H]2O)Oc2ccc(C)cc2)cc1. The Labute approximate surface area is 215 Å². The molecular formula is C24H25F3N3O7P. The molecule has 1 fully saturated rings. The molecule has 0 radical (unpaired) electrons. The van der Waals surface area contributed by atoms with Gasteiger partial charge in [0.15, 0.2) is 18.0 Å². The van der Waals surface area contributed by atoms with Crippen LogP contribution in [0.5, 0.6) is 11.5 Å². The van der Waals surface area contributed by atoms with Crippen molar-refractivity contribution >= 4 is 13.6 Å². The van der Waals surface area contributed by atoms with Gasteiger partial charge in [-0.25, -0.2) is 22.5 Å². The van der Waals surface area contributed by atoms with E-state index in [-0.39, 0.29) is 17.3 Å². The molecule has 1 aliphatic heterocycles. The largest absolute Gasteiger partial charge is 0.587 e. The van der Waals surface area contributed by atoms with E-state index in [1.165, 1.54) is 24.3 Å². The van der Waals surface area contributed by atoms with Crippen LogP contribution in [0.3, 0.4) is 0 Å². The van der Waals surface area contributed by atoms with Gasteiger partial charge >= 0.3 is 13.5 Å². The van der Waals surface area contributed by atoms with Crippen LogP contribution in [0.2, 0.25) is 0 Å². The first kappa shape index (κ1) is 27.6. The Bertz CT molecular complexity index is 1320. The molecule has 14 heteroatoms. The van der Waals surface area contributed by atoms with Crippen molar-refractivity contribution in [2.45, 2.75) is 44.4 Å². The fourth-order valence-electron chi connectivity index (χ4n) is 3.69. The number of rotatable bonds is 9. The van der Waals surface area contributed by atoms with Gasteiger partial charge in [-0.05, 0) is 44.2 Å². The Balaban J connectivity index is 1.64. The molecule has 3 N–H and O–H groups in total. The Hall–Kier alpha value is -3.38. The zero-order chi connectivity index (χ0) is 27.7. The average Bonchev–Trinajstić information content (AvgIpc) is 3.12. The van der Waals surface area contributed by atoms with Crippen LogP contribution in [0.4, 0.5) is 19.0 Å². The molecule has 1 aromatic heterocycles. The minimum atomic E-state index is -4.73. The van der Waals surface area contributed by atoms with Crippen molar-refractivity contribution in [3.05, 3.63) is 82.4 Å². The molecule has 10 nitrogen and oxygen atoms in total. The van der Waals surface area contributed by atoms with Gasteiger partial charge in [-0.3, -0.25) is 9.09 Å². The fourth-order valence-corrected chi connectivity index (χ4v) is 4.95. The van der Waals surface area contributed by atoms with Gasteiger partial charge in [-0.15, -0.1) is 0 Å². The number of phosphoric acid groups is 1. The normalized spacial score (nSPS) is 23.5. The number of aliphatic hydroxyl groups excluding tert-OH is 1. The fraction of sp³-hybridized carbons (Fsp3) is 0.333. The lowest BCUT2D eigenvalue weighted by Crippen LogP contribution is -2.52. The van der Waals surface area contributed by atoms with Crippen molar-refractivity contribution in [3.63, 3.8) is 0 Å². The summed E-state index contributed by atoms with van der Waals surface area (Å²) in [5.41, 5.74) is 3.00. The van der Waals surface area contributed by atoms with Crippen LogP contribution in [0.1, 0.15) is 17.4 Å². The van der Waals surface area contributed by atoms with E-state index in [0.29, 0.717) is 4.57 Å². The highest BCUT2D eigenvalue weighted by Crippen LogP contribution is 2.52. The third kappa shape index (κ3) is 5.70. The quantitative estimate of drug-likeness (QED) is 0.376. The van der Waals surface area contributed by atoms with E-state index in [9.17, 15) is 23.2 Å². The number of nitrogen functional groups attached to an aromatic ring is 1. The van der Waals surface area contributed by atoms with E-state index in [0.717, 1.165) is 23.4 Å². The first-order chi connectivity index (χ1) is 17.9. The van der Waals surface area contributed by atoms with Crippen LogP contribution in [-0.2, 0) is 13.8 Å². The summed E-state index contributed by atoms with van der Waals surface area (Å²) in [5, 5.41) is 10.5. The minimum absolute atomic E-state index is 0.0331. The highest BCUT2D eigenvalue weighted by Gasteiger charge is 2.62. The van der Waals surface area contributed by atoms with Crippen LogP contribution in [0, 0.1) is 13.8 Å². The standard InChI is InChI=1S/C24H25F3N3O7P/c1-14-3-7-16(8-4-14)36-38(33,37-17-9-5-15(2)6-10-17)34-13-24(22(26)27)20(31)19(25)21(35-24)30-12-11-18(28)29-23(30)32/h3-12,19-22,31H,13H2,1-2H3,(H2,28,29,32)/t19-,20+,21-,24-/m1/s1. The van der Waals surface area contributed by atoms with Crippen molar-refractivity contribution in [1.29, 1.82) is 0 Å². The summed E-state index contributed by atoms with van der Waals surface area (Å²) in [6.45, 7) is 2.29. The van der Waals surface area contributed by atoms with Gasteiger partial charge in [0.2, 0.25) is 0 Å². The molecule has 204 valence electrons. The average molecular weight is 555 g/mol. The molecule has 0 bridgehead atoms. The van der Waals surface area contributed by atoms with Crippen LogP contribution >= 0.6 is 7.82 Å². The zero-order valence-corrected chi connectivity index (χ0v) is 21.1. The van der Waals surface area contributed by atoms with Crippen molar-refractivity contribution in [3.8, 4) is 11.5 Å². The van der Waals surface area contributed by atoms with Gasteiger partial charge in [-0.2, -0.15) is 4.98 Å². The van der Waals surface area contributed by atoms with E-state index in [1.807, 2.05) is 0 Å². The molecule has 4 atom stereocenters. The molecule has 2 heterocycles. The molecular weight excluding hydrogens is 530 g/mol. The number of aliphatic hydroxyl groups is 1. The Morgan fingerprint density at radius 3 is 2.08 bits per heavy atom. The number of aromatic nitrogens is 2. The van der Waals surface area contributed by atoms with Crippen molar-refractivity contribution in [2.24, 2.45) is 0 Å². The second-order valence-electron chi connectivity index (χ2n) is 8.72. The monoisotopic (exact) mass is 555 g/mol. The molecule has 38 heavy (non-hydrogen) atoms. The minimum Gasteiger partial charge on any atom is -0.395 e. The molecule has 1 saturated heterocycles. The van der Waals surface area contributed by atoms with E-state index in [1.54, 1.807) is 38.1 Å². The number of hydrogen-bond acceptors (Lipinski definition) is 9. The van der Waals surface area contributed by atoms with Gasteiger partial charge in [0.25, 0.3) is 6.43 Å². The highest BCUT2D eigenvalue weighted by molar-refractivity contribution is 7.49. The molecule has 3 aromatic rings. The van der Waals surface area contributed by atoms with Gasteiger partial charge in [0.05, 0.1) is 6.61 Å². The lowest BCUT2D eigenvalue weighted by atomic mass is 9.97. The van der Waals surface area contributed by atoms with E-state index < -0.39 is 50.6 Å². The predicted molar refractivity (Wildman–Crippen MR) is 130 cm³/mol. The van der Waals surface area contributed by atoms with Crippen LogP contribution in [-0.4, -0.2) is 45.6 Å². The number of ether oxygens (including phenoxy) is 1. The molecule has 1 aliphatic rings. The third-order valence-corrected chi connectivity index (χ3v) is 7.15. The highest BCUT2D eigenvalue weighted by atomic mass is 31.2. The van der Waals surface area contributed by atoms with Crippen LogP contribution < -0.4 is 20.5 Å². The lowest BCUT2D eigenvalue weighted by molar-refractivity contribution is -0.193. The van der Waals surface area contributed by atoms with E-state index >= 15 is 4.39 Å². The number of anilines is 1. The maximum absolute atomic E-state index is 15.1. The number of hydrogen-bond donors (Lipinski definition) is 2. The Morgan fingerprint density at radius 2 is 1.61 bits per heavy atom. The summed E-state index contributed by atoms with van der Waals surface area (Å²) in [6, 6.07) is 13.5.